The van der Waals surface area contributed by atoms with E-state index >= 15 is 0 Å². The van der Waals surface area contributed by atoms with E-state index in [1.807, 2.05) is 11.8 Å². The molecule has 0 saturated heterocycles. The van der Waals surface area contributed by atoms with Gasteiger partial charge in [-0.1, -0.05) is 32.5 Å². The third-order valence-electron chi connectivity index (χ3n) is 3.14. The molecule has 0 radical (unpaired) electrons. The first-order valence-electron chi connectivity index (χ1n) is 6.64. The average molecular weight is 257 g/mol. The number of amidine groups is 1. The Kier molecular flexibility index (Phi) is 6.34. The Hall–Kier alpha value is -0.220. The van der Waals surface area contributed by atoms with Crippen LogP contribution in [0.4, 0.5) is 0 Å². The Labute approximate surface area is 110 Å². The second-order valence-corrected chi connectivity index (χ2v) is 6.47. The minimum Gasteiger partial charge on any atom is -0.361 e. The van der Waals surface area contributed by atoms with Gasteiger partial charge in [-0.15, -0.1) is 0 Å². The van der Waals surface area contributed by atoms with Gasteiger partial charge < -0.3 is 10.2 Å². The fourth-order valence-electron chi connectivity index (χ4n) is 1.91. The van der Waals surface area contributed by atoms with E-state index in [0.29, 0.717) is 18.0 Å². The zero-order chi connectivity index (χ0) is 12.8. The SMILES string of the molecule is CCC1CCSC(NC(CN(C)C)C(C)C)=N1. The highest BCUT2D eigenvalue weighted by molar-refractivity contribution is 8.13. The molecule has 1 aliphatic rings. The number of nitrogens with one attached hydrogen (secondary N) is 1. The molecule has 4 heteroatoms. The van der Waals surface area contributed by atoms with E-state index in [-0.39, 0.29) is 0 Å². The normalized spacial score (nSPS) is 22.8. The Morgan fingerprint density at radius 2 is 2.18 bits per heavy atom. The highest BCUT2D eigenvalue weighted by Gasteiger charge is 2.19. The van der Waals surface area contributed by atoms with Gasteiger partial charge in [-0.2, -0.15) is 0 Å². The molecule has 3 nitrogen and oxygen atoms in total. The van der Waals surface area contributed by atoms with Crippen molar-refractivity contribution in [2.45, 2.75) is 45.7 Å². The maximum Gasteiger partial charge on any atom is 0.157 e. The van der Waals surface area contributed by atoms with Crippen LogP contribution in [0.2, 0.25) is 0 Å². The van der Waals surface area contributed by atoms with Crippen LogP contribution in [0, 0.1) is 5.92 Å². The quantitative estimate of drug-likeness (QED) is 0.820. The largest absolute Gasteiger partial charge is 0.361 e. The van der Waals surface area contributed by atoms with E-state index in [1.165, 1.54) is 12.2 Å². The van der Waals surface area contributed by atoms with Gasteiger partial charge in [0.15, 0.2) is 5.17 Å². The van der Waals surface area contributed by atoms with Gasteiger partial charge in [-0.05, 0) is 32.9 Å². The molecule has 0 spiro atoms. The first-order chi connectivity index (χ1) is 8.02. The van der Waals surface area contributed by atoms with Crippen LogP contribution in [0.15, 0.2) is 4.99 Å². The number of aliphatic imine (C=N–C) groups is 1. The van der Waals surface area contributed by atoms with E-state index < -0.39 is 0 Å². The lowest BCUT2D eigenvalue weighted by Crippen LogP contribution is -2.45. The van der Waals surface area contributed by atoms with Crippen molar-refractivity contribution >= 4 is 16.9 Å². The zero-order valence-corrected chi connectivity index (χ0v) is 12.7. The van der Waals surface area contributed by atoms with Crippen LogP contribution >= 0.6 is 11.8 Å². The molecule has 1 aliphatic heterocycles. The average Bonchev–Trinajstić information content (AvgIpc) is 2.27. The molecule has 17 heavy (non-hydrogen) atoms. The van der Waals surface area contributed by atoms with Crippen LogP contribution in [0.1, 0.15) is 33.6 Å². The highest BCUT2D eigenvalue weighted by atomic mass is 32.2. The van der Waals surface area contributed by atoms with Crippen molar-refractivity contribution in [2.75, 3.05) is 26.4 Å². The van der Waals surface area contributed by atoms with E-state index in [2.05, 4.69) is 45.1 Å². The molecule has 0 aliphatic carbocycles. The Bertz CT molecular complexity index is 251. The molecule has 100 valence electrons. The summed E-state index contributed by atoms with van der Waals surface area (Å²) in [5.41, 5.74) is 0. The predicted octanol–water partition coefficient (Wildman–Crippen LogP) is 2.43. The summed E-state index contributed by atoms with van der Waals surface area (Å²) in [5, 5.41) is 4.78. The lowest BCUT2D eigenvalue weighted by molar-refractivity contribution is 0.313. The molecule has 0 aromatic carbocycles. The van der Waals surface area contributed by atoms with Crippen LogP contribution in [0.3, 0.4) is 0 Å². The first-order valence-corrected chi connectivity index (χ1v) is 7.63. The lowest BCUT2D eigenvalue weighted by Gasteiger charge is -2.29. The summed E-state index contributed by atoms with van der Waals surface area (Å²) in [6.07, 6.45) is 2.39. The molecule has 0 saturated carbocycles. The van der Waals surface area contributed by atoms with E-state index in [9.17, 15) is 0 Å². The third-order valence-corrected chi connectivity index (χ3v) is 4.07. The molecule has 0 amide bonds. The molecule has 1 rings (SSSR count). The van der Waals surface area contributed by atoms with E-state index in [0.717, 1.165) is 18.1 Å². The monoisotopic (exact) mass is 257 g/mol. The molecular weight excluding hydrogens is 230 g/mol. The molecule has 1 N–H and O–H groups in total. The second kappa shape index (κ2) is 7.27. The maximum atomic E-state index is 4.78. The van der Waals surface area contributed by atoms with Crippen LogP contribution in [0.5, 0.6) is 0 Å². The van der Waals surface area contributed by atoms with Crippen LogP contribution in [-0.4, -0.2) is 48.5 Å². The number of likely N-dealkylation sites (N-methyl/N-ethyl adjacent to an activating group) is 1. The first kappa shape index (κ1) is 14.8. The summed E-state index contributed by atoms with van der Waals surface area (Å²) in [6, 6.07) is 1.03. The van der Waals surface area contributed by atoms with Crippen molar-refractivity contribution in [3.8, 4) is 0 Å². The second-order valence-electron chi connectivity index (χ2n) is 5.39. The van der Waals surface area contributed by atoms with E-state index in [4.69, 9.17) is 4.99 Å². The summed E-state index contributed by atoms with van der Waals surface area (Å²) in [4.78, 5) is 7.02. The third kappa shape index (κ3) is 5.30. The molecule has 2 unspecified atom stereocenters. The molecular formula is C13H27N3S. The van der Waals surface area contributed by atoms with Gasteiger partial charge in [0.2, 0.25) is 0 Å². The van der Waals surface area contributed by atoms with Gasteiger partial charge in [0.1, 0.15) is 0 Å². The fraction of sp³-hybridized carbons (Fsp3) is 0.923. The van der Waals surface area contributed by atoms with Crippen LogP contribution in [-0.2, 0) is 0 Å². The number of hydrogen-bond acceptors (Lipinski definition) is 4. The maximum absolute atomic E-state index is 4.78. The topological polar surface area (TPSA) is 27.6 Å². The summed E-state index contributed by atoms with van der Waals surface area (Å²) in [5.74, 6) is 1.83. The highest BCUT2D eigenvalue weighted by Crippen LogP contribution is 2.19. The molecule has 0 aromatic rings. The molecule has 2 atom stereocenters. The van der Waals surface area contributed by atoms with Crippen molar-refractivity contribution in [1.82, 2.24) is 10.2 Å². The number of thioether (sulfide) groups is 1. The van der Waals surface area contributed by atoms with Gasteiger partial charge in [0.05, 0.1) is 6.04 Å². The predicted molar refractivity (Wildman–Crippen MR) is 78.9 cm³/mol. The Balaban J connectivity index is 2.56. The summed E-state index contributed by atoms with van der Waals surface area (Å²) in [7, 11) is 4.25. The van der Waals surface area contributed by atoms with Gasteiger partial charge in [-0.3, -0.25) is 4.99 Å². The van der Waals surface area contributed by atoms with Crippen molar-refractivity contribution in [3.63, 3.8) is 0 Å². The summed E-state index contributed by atoms with van der Waals surface area (Å²) >= 11 is 1.88. The Morgan fingerprint density at radius 1 is 1.47 bits per heavy atom. The van der Waals surface area contributed by atoms with E-state index in [1.54, 1.807) is 0 Å². The van der Waals surface area contributed by atoms with Crippen molar-refractivity contribution < 1.29 is 0 Å². The Morgan fingerprint density at radius 3 is 2.71 bits per heavy atom. The van der Waals surface area contributed by atoms with Gasteiger partial charge in [0.25, 0.3) is 0 Å². The number of nitrogens with zero attached hydrogens (tertiary/aromatic N) is 2. The van der Waals surface area contributed by atoms with Crippen LogP contribution < -0.4 is 5.32 Å². The molecule has 0 aromatic heterocycles. The van der Waals surface area contributed by atoms with Crippen LogP contribution in [0.25, 0.3) is 0 Å². The van der Waals surface area contributed by atoms with Gasteiger partial charge in [-0.25, -0.2) is 0 Å². The molecule has 0 bridgehead atoms. The van der Waals surface area contributed by atoms with Crippen molar-refractivity contribution in [3.05, 3.63) is 0 Å². The van der Waals surface area contributed by atoms with Gasteiger partial charge >= 0.3 is 0 Å². The summed E-state index contributed by atoms with van der Waals surface area (Å²) < 4.78 is 0. The molecule has 1 heterocycles. The fourth-order valence-corrected chi connectivity index (χ4v) is 2.95. The smallest absolute Gasteiger partial charge is 0.157 e. The number of hydrogen-bond donors (Lipinski definition) is 1. The van der Waals surface area contributed by atoms with Crippen molar-refractivity contribution in [1.29, 1.82) is 0 Å². The lowest BCUT2D eigenvalue weighted by atomic mass is 10.0. The van der Waals surface area contributed by atoms with Gasteiger partial charge in [0, 0.05) is 18.3 Å². The molecule has 0 fully saturated rings. The number of rotatable bonds is 5. The summed E-state index contributed by atoms with van der Waals surface area (Å²) in [6.45, 7) is 7.83. The minimum absolute atomic E-state index is 0.492. The minimum atomic E-state index is 0.492. The zero-order valence-electron chi connectivity index (χ0n) is 11.9. The standard InChI is InChI=1S/C13H27N3S/c1-6-11-7-8-17-13(14-11)15-12(10(2)3)9-16(4)5/h10-12H,6-9H2,1-5H3,(H,14,15). The van der Waals surface area contributed by atoms with Crippen molar-refractivity contribution in [2.24, 2.45) is 10.9 Å².